The third-order valence-corrected chi connectivity index (χ3v) is 2.93. The fourth-order valence-corrected chi connectivity index (χ4v) is 1.70. The van der Waals surface area contributed by atoms with E-state index in [1.807, 2.05) is 7.05 Å². The first-order valence-electron chi connectivity index (χ1n) is 5.03. The Hall–Kier alpha value is -1.10. The Balaban J connectivity index is 2.22. The quantitative estimate of drug-likeness (QED) is 0.849. The van der Waals surface area contributed by atoms with Gasteiger partial charge in [-0.25, -0.2) is 0 Å². The lowest BCUT2D eigenvalue weighted by Crippen LogP contribution is -2.38. The Bertz CT molecular complexity index is 352. The van der Waals surface area contributed by atoms with Crippen LogP contribution in [0.25, 0.3) is 0 Å². The van der Waals surface area contributed by atoms with E-state index in [1.165, 1.54) is 19.3 Å². The Kier molecular flexibility index (Phi) is 2.90. The number of anilines is 2. The largest absolute Gasteiger partial charge is 0.357 e. The molecule has 5 nitrogen and oxygen atoms in total. The van der Waals surface area contributed by atoms with Crippen molar-refractivity contribution in [2.75, 3.05) is 24.3 Å². The van der Waals surface area contributed by atoms with Gasteiger partial charge in [-0.2, -0.15) is 15.0 Å². The molecule has 0 aromatic carbocycles. The highest BCUT2D eigenvalue weighted by Gasteiger charge is 2.24. The smallest absolute Gasteiger partial charge is 0.231 e. The second kappa shape index (κ2) is 4.18. The van der Waals surface area contributed by atoms with Crippen LogP contribution in [0.3, 0.4) is 0 Å². The summed E-state index contributed by atoms with van der Waals surface area (Å²) in [6.07, 6.45) is 3.69. The molecule has 1 aromatic heterocycles. The highest BCUT2D eigenvalue weighted by Crippen LogP contribution is 2.26. The number of nitrogens with zero attached hydrogens (tertiary/aromatic N) is 4. The number of aromatic nitrogens is 3. The monoisotopic (exact) mass is 227 g/mol. The predicted molar refractivity (Wildman–Crippen MR) is 60.4 cm³/mol. The summed E-state index contributed by atoms with van der Waals surface area (Å²) >= 11 is 5.81. The van der Waals surface area contributed by atoms with Crippen molar-refractivity contribution < 1.29 is 0 Å². The maximum absolute atomic E-state index is 5.81. The van der Waals surface area contributed by atoms with Crippen LogP contribution in [0.1, 0.15) is 19.3 Å². The van der Waals surface area contributed by atoms with Crippen molar-refractivity contribution in [3.63, 3.8) is 0 Å². The van der Waals surface area contributed by atoms with Crippen LogP contribution in [0, 0.1) is 0 Å². The number of rotatable bonds is 3. The molecule has 82 valence electrons. The average Bonchev–Trinajstić information content (AvgIpc) is 2.14. The maximum atomic E-state index is 5.81. The number of hydrogen-bond donors (Lipinski definition) is 1. The summed E-state index contributed by atoms with van der Waals surface area (Å²) < 4.78 is 0. The molecule has 0 radical (unpaired) electrons. The molecule has 1 heterocycles. The van der Waals surface area contributed by atoms with Gasteiger partial charge in [-0.3, -0.25) is 0 Å². The van der Waals surface area contributed by atoms with Crippen LogP contribution in [0.5, 0.6) is 0 Å². The van der Waals surface area contributed by atoms with Crippen molar-refractivity contribution in [2.24, 2.45) is 0 Å². The third kappa shape index (κ3) is 2.12. The SMILES string of the molecule is CNc1nc(Cl)nc(N(C)C2CCC2)n1. The highest BCUT2D eigenvalue weighted by atomic mass is 35.5. The van der Waals surface area contributed by atoms with Gasteiger partial charge < -0.3 is 10.2 Å². The van der Waals surface area contributed by atoms with Crippen LogP contribution in [0.15, 0.2) is 0 Å². The van der Waals surface area contributed by atoms with Gasteiger partial charge in [-0.05, 0) is 30.9 Å². The van der Waals surface area contributed by atoms with E-state index < -0.39 is 0 Å². The Morgan fingerprint density at radius 3 is 2.60 bits per heavy atom. The van der Waals surface area contributed by atoms with Gasteiger partial charge >= 0.3 is 0 Å². The molecule has 1 saturated carbocycles. The number of nitrogens with one attached hydrogen (secondary N) is 1. The molecule has 0 saturated heterocycles. The summed E-state index contributed by atoms with van der Waals surface area (Å²) in [5, 5.41) is 3.10. The van der Waals surface area contributed by atoms with E-state index in [0.717, 1.165) is 0 Å². The van der Waals surface area contributed by atoms with Crippen LogP contribution in [-0.2, 0) is 0 Å². The second-order valence-electron chi connectivity index (χ2n) is 3.67. The van der Waals surface area contributed by atoms with E-state index in [1.54, 1.807) is 7.05 Å². The summed E-state index contributed by atoms with van der Waals surface area (Å²) in [4.78, 5) is 14.4. The van der Waals surface area contributed by atoms with Crippen LogP contribution >= 0.6 is 11.6 Å². The first-order valence-corrected chi connectivity index (χ1v) is 5.40. The van der Waals surface area contributed by atoms with E-state index >= 15 is 0 Å². The van der Waals surface area contributed by atoms with Gasteiger partial charge in [0.05, 0.1) is 0 Å². The normalized spacial score (nSPS) is 15.9. The zero-order valence-corrected chi connectivity index (χ0v) is 9.62. The summed E-state index contributed by atoms with van der Waals surface area (Å²) in [5.41, 5.74) is 0. The van der Waals surface area contributed by atoms with Crippen LogP contribution < -0.4 is 10.2 Å². The van der Waals surface area contributed by atoms with Crippen molar-refractivity contribution in [3.05, 3.63) is 5.28 Å². The van der Waals surface area contributed by atoms with E-state index in [0.29, 0.717) is 17.9 Å². The zero-order chi connectivity index (χ0) is 10.8. The summed E-state index contributed by atoms with van der Waals surface area (Å²) in [5.74, 6) is 1.15. The lowest BCUT2D eigenvalue weighted by Gasteiger charge is -2.34. The van der Waals surface area contributed by atoms with E-state index in [9.17, 15) is 0 Å². The molecule has 2 rings (SSSR count). The van der Waals surface area contributed by atoms with Gasteiger partial charge in [0.25, 0.3) is 0 Å². The van der Waals surface area contributed by atoms with Crippen molar-refractivity contribution in [1.82, 2.24) is 15.0 Å². The van der Waals surface area contributed by atoms with Crippen LogP contribution in [0.2, 0.25) is 5.28 Å². The predicted octanol–water partition coefficient (Wildman–Crippen LogP) is 1.56. The summed E-state index contributed by atoms with van der Waals surface area (Å²) in [6, 6.07) is 0.549. The summed E-state index contributed by atoms with van der Waals surface area (Å²) in [6.45, 7) is 0. The lowest BCUT2D eigenvalue weighted by atomic mass is 9.92. The first kappa shape index (κ1) is 10.4. The molecule has 15 heavy (non-hydrogen) atoms. The molecule has 0 atom stereocenters. The Morgan fingerprint density at radius 1 is 1.33 bits per heavy atom. The molecule has 1 N–H and O–H groups in total. The van der Waals surface area contributed by atoms with Gasteiger partial charge in [0.1, 0.15) is 0 Å². The van der Waals surface area contributed by atoms with E-state index in [2.05, 4.69) is 25.2 Å². The summed E-state index contributed by atoms with van der Waals surface area (Å²) in [7, 11) is 3.76. The van der Waals surface area contributed by atoms with Crippen molar-refractivity contribution >= 4 is 23.5 Å². The number of hydrogen-bond acceptors (Lipinski definition) is 5. The fourth-order valence-electron chi connectivity index (χ4n) is 1.55. The number of halogens is 1. The zero-order valence-electron chi connectivity index (χ0n) is 8.87. The molecule has 0 spiro atoms. The molecular formula is C9H14ClN5. The van der Waals surface area contributed by atoms with Gasteiger partial charge in [0, 0.05) is 20.1 Å². The van der Waals surface area contributed by atoms with Gasteiger partial charge in [0.15, 0.2) is 0 Å². The molecule has 1 aromatic rings. The average molecular weight is 228 g/mol. The lowest BCUT2D eigenvalue weighted by molar-refractivity contribution is 0.397. The van der Waals surface area contributed by atoms with Gasteiger partial charge in [0.2, 0.25) is 17.2 Å². The molecular weight excluding hydrogens is 214 g/mol. The third-order valence-electron chi connectivity index (χ3n) is 2.76. The Morgan fingerprint density at radius 2 is 2.07 bits per heavy atom. The topological polar surface area (TPSA) is 53.9 Å². The van der Waals surface area contributed by atoms with E-state index in [4.69, 9.17) is 11.6 Å². The van der Waals surface area contributed by atoms with E-state index in [-0.39, 0.29) is 5.28 Å². The van der Waals surface area contributed by atoms with Crippen molar-refractivity contribution in [3.8, 4) is 0 Å². The standard InChI is InChI=1S/C9H14ClN5/c1-11-8-12-7(10)13-9(14-8)15(2)6-4-3-5-6/h6H,3-5H2,1-2H3,(H,11,12,13,14). The molecule has 1 aliphatic rings. The second-order valence-corrected chi connectivity index (χ2v) is 4.01. The molecule has 6 heteroatoms. The fraction of sp³-hybridized carbons (Fsp3) is 0.667. The molecule has 0 aliphatic heterocycles. The van der Waals surface area contributed by atoms with Gasteiger partial charge in [-0.15, -0.1) is 0 Å². The van der Waals surface area contributed by atoms with Crippen LogP contribution in [-0.4, -0.2) is 35.1 Å². The van der Waals surface area contributed by atoms with Gasteiger partial charge in [-0.1, -0.05) is 0 Å². The molecule has 1 aliphatic carbocycles. The minimum Gasteiger partial charge on any atom is -0.357 e. The first-order chi connectivity index (χ1) is 7.20. The molecule has 1 fully saturated rings. The maximum Gasteiger partial charge on any atom is 0.231 e. The molecule has 0 amide bonds. The van der Waals surface area contributed by atoms with Crippen molar-refractivity contribution in [1.29, 1.82) is 0 Å². The van der Waals surface area contributed by atoms with Crippen LogP contribution in [0.4, 0.5) is 11.9 Å². The minimum atomic E-state index is 0.232. The molecule has 0 unspecified atom stereocenters. The van der Waals surface area contributed by atoms with Crippen molar-refractivity contribution in [2.45, 2.75) is 25.3 Å². The Labute approximate surface area is 93.9 Å². The molecule has 0 bridgehead atoms. The minimum absolute atomic E-state index is 0.232. The highest BCUT2D eigenvalue weighted by molar-refractivity contribution is 6.28.